The predicted molar refractivity (Wildman–Crippen MR) is 84.5 cm³/mol. The van der Waals surface area contributed by atoms with Gasteiger partial charge >= 0.3 is 0 Å². The normalized spacial score (nSPS) is 14.2. The first kappa shape index (κ1) is 13.4. The zero-order chi connectivity index (χ0) is 14.7. The van der Waals surface area contributed by atoms with Crippen molar-refractivity contribution >= 4 is 23.0 Å². The molecule has 0 atom stereocenters. The van der Waals surface area contributed by atoms with E-state index in [0.29, 0.717) is 11.4 Å². The predicted octanol–water partition coefficient (Wildman–Crippen LogP) is 2.52. The third kappa shape index (κ3) is 3.13. The average molecular weight is 282 g/mol. The van der Waals surface area contributed by atoms with Gasteiger partial charge in [0.05, 0.1) is 0 Å². The fourth-order valence-electron chi connectivity index (χ4n) is 2.50. The number of anilines is 3. The lowest BCUT2D eigenvalue weighted by atomic mass is 10.2. The first-order valence-electron chi connectivity index (χ1n) is 7.10. The quantitative estimate of drug-likeness (QED) is 0.907. The summed E-state index contributed by atoms with van der Waals surface area (Å²) in [4.78, 5) is 18.4. The Morgan fingerprint density at radius 1 is 1.14 bits per heavy atom. The maximum Gasteiger partial charge on any atom is 0.274 e. The van der Waals surface area contributed by atoms with Gasteiger partial charge in [0.25, 0.3) is 5.91 Å². The lowest BCUT2D eigenvalue weighted by Gasteiger charge is -2.17. The van der Waals surface area contributed by atoms with E-state index in [-0.39, 0.29) is 5.91 Å². The van der Waals surface area contributed by atoms with Gasteiger partial charge in [-0.1, -0.05) is 0 Å². The Kier molecular flexibility index (Phi) is 3.73. The Labute approximate surface area is 123 Å². The summed E-state index contributed by atoms with van der Waals surface area (Å²) < 4.78 is 0. The van der Waals surface area contributed by atoms with Crippen molar-refractivity contribution in [3.8, 4) is 0 Å². The molecule has 2 heterocycles. The van der Waals surface area contributed by atoms with Crippen molar-refractivity contribution in [1.29, 1.82) is 0 Å². The molecular weight excluding hydrogens is 264 g/mol. The second-order valence-electron chi connectivity index (χ2n) is 5.17. The Morgan fingerprint density at radius 3 is 2.52 bits per heavy atom. The Balaban J connectivity index is 1.68. The Hall–Kier alpha value is -2.56. The van der Waals surface area contributed by atoms with Crippen molar-refractivity contribution in [1.82, 2.24) is 4.98 Å². The number of hydrogen-bond acceptors (Lipinski definition) is 4. The van der Waals surface area contributed by atoms with Gasteiger partial charge < -0.3 is 16.0 Å². The van der Waals surface area contributed by atoms with Gasteiger partial charge in [-0.25, -0.2) is 0 Å². The summed E-state index contributed by atoms with van der Waals surface area (Å²) in [6, 6.07) is 11.1. The highest BCUT2D eigenvalue weighted by atomic mass is 16.1. The summed E-state index contributed by atoms with van der Waals surface area (Å²) in [5, 5.41) is 2.83. The number of nitrogens with two attached hydrogens (primary N) is 1. The van der Waals surface area contributed by atoms with Crippen LogP contribution in [0.1, 0.15) is 23.3 Å². The molecular formula is C16H18N4O. The molecule has 1 aromatic heterocycles. The second-order valence-corrected chi connectivity index (χ2v) is 5.17. The maximum atomic E-state index is 12.1. The summed E-state index contributed by atoms with van der Waals surface area (Å²) in [7, 11) is 0. The molecule has 1 fully saturated rings. The third-order valence-electron chi connectivity index (χ3n) is 3.61. The van der Waals surface area contributed by atoms with Gasteiger partial charge in [0.15, 0.2) is 0 Å². The smallest absolute Gasteiger partial charge is 0.274 e. The number of amides is 1. The lowest BCUT2D eigenvalue weighted by Crippen LogP contribution is -2.17. The maximum absolute atomic E-state index is 12.1. The number of carbonyl (C=O) groups is 1. The Bertz CT molecular complexity index is 633. The molecule has 21 heavy (non-hydrogen) atoms. The van der Waals surface area contributed by atoms with Crippen LogP contribution in [0.4, 0.5) is 17.1 Å². The molecule has 0 radical (unpaired) electrons. The molecule has 3 rings (SSSR count). The van der Waals surface area contributed by atoms with E-state index < -0.39 is 0 Å². The van der Waals surface area contributed by atoms with Gasteiger partial charge in [-0.3, -0.25) is 9.78 Å². The molecule has 5 heteroatoms. The van der Waals surface area contributed by atoms with Crippen LogP contribution in [0.2, 0.25) is 0 Å². The molecule has 1 aliphatic rings. The van der Waals surface area contributed by atoms with Gasteiger partial charge in [0.2, 0.25) is 0 Å². The van der Waals surface area contributed by atoms with E-state index in [0.717, 1.165) is 18.8 Å². The number of hydrogen-bond donors (Lipinski definition) is 2. The van der Waals surface area contributed by atoms with Gasteiger partial charge in [-0.15, -0.1) is 0 Å². The SMILES string of the molecule is Nc1ccnc(C(=O)Nc2ccc(N3CCCC3)cc2)c1. The number of pyridine rings is 1. The van der Waals surface area contributed by atoms with Crippen molar-refractivity contribution in [2.24, 2.45) is 0 Å². The Morgan fingerprint density at radius 2 is 1.86 bits per heavy atom. The third-order valence-corrected chi connectivity index (χ3v) is 3.61. The summed E-state index contributed by atoms with van der Waals surface area (Å²) in [6.07, 6.45) is 4.03. The molecule has 2 aromatic rings. The van der Waals surface area contributed by atoms with Crippen LogP contribution in [-0.2, 0) is 0 Å². The van der Waals surface area contributed by atoms with Crippen LogP contribution in [0, 0.1) is 0 Å². The minimum absolute atomic E-state index is 0.253. The standard InChI is InChI=1S/C16H18N4O/c17-12-7-8-18-15(11-12)16(21)19-13-3-5-14(6-4-13)20-9-1-2-10-20/h3-8,11H,1-2,9-10H2,(H2,17,18)(H,19,21). The van der Waals surface area contributed by atoms with Gasteiger partial charge in [0, 0.05) is 36.3 Å². The summed E-state index contributed by atoms with van der Waals surface area (Å²) in [5.41, 5.74) is 8.46. The number of nitrogens with zero attached hydrogens (tertiary/aromatic N) is 2. The van der Waals surface area contributed by atoms with Crippen LogP contribution in [0.5, 0.6) is 0 Å². The first-order valence-corrected chi connectivity index (χ1v) is 7.10. The first-order chi connectivity index (χ1) is 10.2. The highest BCUT2D eigenvalue weighted by molar-refractivity contribution is 6.03. The molecule has 108 valence electrons. The van der Waals surface area contributed by atoms with Crippen LogP contribution >= 0.6 is 0 Å². The molecule has 0 saturated carbocycles. The van der Waals surface area contributed by atoms with Crippen molar-refractivity contribution in [2.75, 3.05) is 29.0 Å². The van der Waals surface area contributed by atoms with E-state index >= 15 is 0 Å². The topological polar surface area (TPSA) is 71.2 Å². The molecule has 0 spiro atoms. The molecule has 0 bridgehead atoms. The van der Waals surface area contributed by atoms with Crippen LogP contribution in [-0.4, -0.2) is 24.0 Å². The van der Waals surface area contributed by atoms with Crippen LogP contribution < -0.4 is 16.0 Å². The minimum atomic E-state index is -0.253. The van der Waals surface area contributed by atoms with Crippen molar-refractivity contribution in [3.05, 3.63) is 48.3 Å². The van der Waals surface area contributed by atoms with Crippen LogP contribution in [0.3, 0.4) is 0 Å². The van der Waals surface area contributed by atoms with Gasteiger partial charge in [-0.2, -0.15) is 0 Å². The molecule has 5 nitrogen and oxygen atoms in total. The highest BCUT2D eigenvalue weighted by Crippen LogP contribution is 2.22. The van der Waals surface area contributed by atoms with Crippen LogP contribution in [0.25, 0.3) is 0 Å². The minimum Gasteiger partial charge on any atom is -0.399 e. The van der Waals surface area contributed by atoms with E-state index in [1.54, 1.807) is 12.1 Å². The zero-order valence-electron chi connectivity index (χ0n) is 11.7. The second kappa shape index (κ2) is 5.83. The van der Waals surface area contributed by atoms with E-state index in [9.17, 15) is 4.79 Å². The number of carbonyl (C=O) groups excluding carboxylic acids is 1. The number of rotatable bonds is 3. The van der Waals surface area contributed by atoms with E-state index in [1.165, 1.54) is 24.7 Å². The van der Waals surface area contributed by atoms with Gasteiger partial charge in [0.1, 0.15) is 5.69 Å². The summed E-state index contributed by atoms with van der Waals surface area (Å²) in [5.74, 6) is -0.253. The molecule has 0 aliphatic carbocycles. The molecule has 1 saturated heterocycles. The molecule has 1 aliphatic heterocycles. The number of aromatic nitrogens is 1. The highest BCUT2D eigenvalue weighted by Gasteiger charge is 2.12. The largest absolute Gasteiger partial charge is 0.399 e. The molecule has 1 aromatic carbocycles. The summed E-state index contributed by atoms with van der Waals surface area (Å²) >= 11 is 0. The van der Waals surface area contributed by atoms with Crippen LogP contribution in [0.15, 0.2) is 42.6 Å². The van der Waals surface area contributed by atoms with Crippen molar-refractivity contribution < 1.29 is 4.79 Å². The van der Waals surface area contributed by atoms with E-state index in [4.69, 9.17) is 5.73 Å². The number of nitrogens with one attached hydrogen (secondary N) is 1. The monoisotopic (exact) mass is 282 g/mol. The van der Waals surface area contributed by atoms with E-state index in [2.05, 4.69) is 15.2 Å². The molecule has 1 amide bonds. The average Bonchev–Trinajstić information content (AvgIpc) is 3.02. The fraction of sp³-hybridized carbons (Fsp3) is 0.250. The number of benzene rings is 1. The molecule has 0 unspecified atom stereocenters. The van der Waals surface area contributed by atoms with Crippen molar-refractivity contribution in [3.63, 3.8) is 0 Å². The number of nitrogen functional groups attached to an aromatic ring is 1. The van der Waals surface area contributed by atoms with E-state index in [1.807, 2.05) is 24.3 Å². The summed E-state index contributed by atoms with van der Waals surface area (Å²) in [6.45, 7) is 2.22. The van der Waals surface area contributed by atoms with Crippen molar-refractivity contribution in [2.45, 2.75) is 12.8 Å². The lowest BCUT2D eigenvalue weighted by molar-refractivity contribution is 0.102. The molecule has 3 N–H and O–H groups in total. The van der Waals surface area contributed by atoms with Gasteiger partial charge in [-0.05, 0) is 49.2 Å². The fourth-order valence-corrected chi connectivity index (χ4v) is 2.50. The zero-order valence-corrected chi connectivity index (χ0v) is 11.7.